The van der Waals surface area contributed by atoms with Gasteiger partial charge in [0.1, 0.15) is 17.2 Å². The molecule has 0 N–H and O–H groups in total. The summed E-state index contributed by atoms with van der Waals surface area (Å²) < 4.78 is 21.5. The van der Waals surface area contributed by atoms with Crippen molar-refractivity contribution in [2.75, 3.05) is 19.8 Å². The van der Waals surface area contributed by atoms with E-state index in [0.717, 1.165) is 71.9 Å². The molecule has 0 saturated carbocycles. The Kier molecular flexibility index (Phi) is 29.2. The quantitative estimate of drug-likeness (QED) is 0.0413. The number of nitriles is 3. The minimum Gasteiger partial charge on any atom is -0.492 e. The summed E-state index contributed by atoms with van der Waals surface area (Å²) in [7, 11) is 0. The lowest BCUT2D eigenvalue weighted by atomic mass is 9.88. The van der Waals surface area contributed by atoms with Gasteiger partial charge in [0.15, 0.2) is 0 Å². The first kappa shape index (κ1) is 56.3. The fourth-order valence-electron chi connectivity index (χ4n) is 9.33. The Morgan fingerprint density at radius 1 is 0.275 bits per heavy atom. The van der Waals surface area contributed by atoms with Gasteiger partial charge in [0.25, 0.3) is 0 Å². The lowest BCUT2D eigenvalue weighted by Crippen LogP contribution is -2.09. The number of rotatable bonds is 39. The van der Waals surface area contributed by atoms with E-state index in [4.69, 9.17) is 14.2 Å². The molecule has 4 aromatic rings. The topological polar surface area (TPSA) is 99.1 Å². The first-order valence-electron chi connectivity index (χ1n) is 27.7. The van der Waals surface area contributed by atoms with Crippen molar-refractivity contribution in [3.05, 3.63) is 89.5 Å². The molecule has 0 radical (unpaired) electrons. The number of ether oxygens (including phenoxy) is 3. The van der Waals surface area contributed by atoms with E-state index in [0.29, 0.717) is 53.8 Å². The summed E-state index contributed by atoms with van der Waals surface area (Å²) in [6.07, 6.45) is 36.9. The zero-order valence-electron chi connectivity index (χ0n) is 43.3. The second-order valence-electron chi connectivity index (χ2n) is 19.3. The van der Waals surface area contributed by atoms with Gasteiger partial charge in [-0.25, -0.2) is 0 Å². The van der Waals surface area contributed by atoms with Crippen LogP contribution in [0.15, 0.2) is 72.8 Å². The molecular weight excluding hydrogens is 847 g/mol. The third-order valence-electron chi connectivity index (χ3n) is 13.5. The first-order valence-corrected chi connectivity index (χ1v) is 27.7. The fourth-order valence-corrected chi connectivity index (χ4v) is 9.33. The molecule has 0 unspecified atom stereocenters. The normalized spacial score (nSPS) is 11.0. The summed E-state index contributed by atoms with van der Waals surface area (Å²) in [6, 6.07) is 30.2. The van der Waals surface area contributed by atoms with Crippen molar-refractivity contribution >= 4 is 0 Å². The molecular formula is C63H87N3O3. The number of unbranched alkanes of at least 4 members (excludes halogenated alkanes) is 27. The second kappa shape index (κ2) is 35.8. The van der Waals surface area contributed by atoms with Gasteiger partial charge in [0.05, 0.1) is 71.4 Å². The van der Waals surface area contributed by atoms with Crippen molar-refractivity contribution in [1.82, 2.24) is 0 Å². The lowest BCUT2D eigenvalue weighted by molar-refractivity contribution is 0.280. The molecule has 0 aromatic heterocycles. The van der Waals surface area contributed by atoms with Crippen LogP contribution in [0.2, 0.25) is 0 Å². The van der Waals surface area contributed by atoms with E-state index in [9.17, 15) is 15.8 Å². The molecule has 0 fully saturated rings. The fraction of sp³-hybridized carbons (Fsp3) is 0.571. The third kappa shape index (κ3) is 20.7. The standard InChI is InChI=1S/C63H87N3O3/c1-4-7-10-13-16-19-22-25-28-31-46-67-61-58(55-40-34-52(49-64)35-41-55)62(68-47-32-29-26-23-20-17-14-11-8-5-2)60(57-44-38-54(51-66)39-45-57)63(59(61)56-42-36-53(50-65)37-43-56)69-48-33-30-27-24-21-18-15-12-9-6-3/h34-45H,4-33,46-48H2,1-3H3. The third-order valence-corrected chi connectivity index (χ3v) is 13.5. The molecule has 0 aliphatic heterocycles. The SMILES string of the molecule is CCCCCCCCCCCCOc1c(-c2ccc(C#N)cc2)c(OCCCCCCCCCCCC)c(-c2ccc(C#N)cc2)c(OCCCCCCCCCCCC)c1-c1ccc(C#N)cc1. The highest BCUT2D eigenvalue weighted by atomic mass is 16.5. The molecule has 0 bridgehead atoms. The molecule has 0 aliphatic rings. The molecule has 0 spiro atoms. The average Bonchev–Trinajstić information content (AvgIpc) is 3.38. The molecule has 372 valence electrons. The Hall–Kier alpha value is -5.25. The van der Waals surface area contributed by atoms with Crippen LogP contribution in [-0.4, -0.2) is 19.8 Å². The number of hydrogen-bond acceptors (Lipinski definition) is 6. The Bertz CT molecular complexity index is 1840. The highest BCUT2D eigenvalue weighted by Crippen LogP contribution is 2.57. The van der Waals surface area contributed by atoms with Gasteiger partial charge in [0, 0.05) is 0 Å². The van der Waals surface area contributed by atoms with Gasteiger partial charge in [-0.2, -0.15) is 15.8 Å². The Morgan fingerprint density at radius 2 is 0.464 bits per heavy atom. The average molecular weight is 934 g/mol. The lowest BCUT2D eigenvalue weighted by Gasteiger charge is -2.27. The van der Waals surface area contributed by atoms with Crippen LogP contribution in [0.4, 0.5) is 0 Å². The van der Waals surface area contributed by atoms with E-state index in [1.54, 1.807) is 0 Å². The van der Waals surface area contributed by atoms with Crippen LogP contribution in [0.1, 0.15) is 230 Å². The Morgan fingerprint density at radius 3 is 0.652 bits per heavy atom. The van der Waals surface area contributed by atoms with Crippen LogP contribution in [0.5, 0.6) is 17.2 Å². The maximum atomic E-state index is 9.89. The Balaban J connectivity index is 1.79. The highest BCUT2D eigenvalue weighted by Gasteiger charge is 2.31. The van der Waals surface area contributed by atoms with Crippen LogP contribution >= 0.6 is 0 Å². The zero-order chi connectivity index (χ0) is 49.0. The van der Waals surface area contributed by atoms with Crippen molar-refractivity contribution in [3.63, 3.8) is 0 Å². The number of hydrogen-bond donors (Lipinski definition) is 0. The minimum absolute atomic E-state index is 0.523. The van der Waals surface area contributed by atoms with Crippen molar-refractivity contribution in [2.45, 2.75) is 213 Å². The summed E-state index contributed by atoms with van der Waals surface area (Å²) in [5.74, 6) is 2.07. The molecule has 0 atom stereocenters. The van der Waals surface area contributed by atoms with E-state index < -0.39 is 0 Å². The van der Waals surface area contributed by atoms with Crippen LogP contribution in [0.25, 0.3) is 33.4 Å². The van der Waals surface area contributed by atoms with Gasteiger partial charge >= 0.3 is 0 Å². The van der Waals surface area contributed by atoms with Crippen molar-refractivity contribution in [1.29, 1.82) is 15.8 Å². The molecule has 4 rings (SSSR count). The van der Waals surface area contributed by atoms with Gasteiger partial charge in [-0.1, -0.05) is 231 Å². The van der Waals surface area contributed by atoms with Crippen LogP contribution in [-0.2, 0) is 0 Å². The molecule has 0 saturated heterocycles. The molecule has 6 heteroatoms. The zero-order valence-corrected chi connectivity index (χ0v) is 43.3. The molecule has 0 aliphatic carbocycles. The van der Waals surface area contributed by atoms with Crippen molar-refractivity contribution in [2.24, 2.45) is 0 Å². The van der Waals surface area contributed by atoms with Crippen molar-refractivity contribution < 1.29 is 14.2 Å². The summed E-state index contributed by atoms with van der Waals surface area (Å²) in [5, 5.41) is 29.7. The predicted octanol–water partition coefficient (Wildman–Crippen LogP) is 19.2. The van der Waals surface area contributed by atoms with Crippen LogP contribution in [0.3, 0.4) is 0 Å². The number of benzene rings is 4. The maximum absolute atomic E-state index is 9.89. The van der Waals surface area contributed by atoms with E-state index >= 15 is 0 Å². The van der Waals surface area contributed by atoms with E-state index in [1.807, 2.05) is 72.8 Å². The summed E-state index contributed by atoms with van der Waals surface area (Å²) in [6.45, 7) is 8.38. The van der Waals surface area contributed by atoms with Gasteiger partial charge in [0.2, 0.25) is 0 Å². The summed E-state index contributed by atoms with van der Waals surface area (Å²) >= 11 is 0. The van der Waals surface area contributed by atoms with Gasteiger partial charge in [-0.3, -0.25) is 0 Å². The first-order chi connectivity index (χ1) is 34.1. The van der Waals surface area contributed by atoms with Crippen molar-refractivity contribution in [3.8, 4) is 68.8 Å². The summed E-state index contributed by atoms with van der Waals surface area (Å²) in [5.41, 5.74) is 6.86. The second-order valence-corrected chi connectivity index (χ2v) is 19.3. The smallest absolute Gasteiger partial charge is 0.142 e. The minimum atomic E-state index is 0.523. The van der Waals surface area contributed by atoms with Crippen LogP contribution in [0, 0.1) is 34.0 Å². The molecule has 6 nitrogen and oxygen atoms in total. The predicted molar refractivity (Wildman–Crippen MR) is 289 cm³/mol. The van der Waals surface area contributed by atoms with E-state index in [-0.39, 0.29) is 0 Å². The van der Waals surface area contributed by atoms with Gasteiger partial charge < -0.3 is 14.2 Å². The van der Waals surface area contributed by atoms with E-state index in [2.05, 4.69) is 39.0 Å². The molecule has 0 amide bonds. The highest BCUT2D eigenvalue weighted by molar-refractivity contribution is 5.99. The van der Waals surface area contributed by atoms with E-state index in [1.165, 1.54) is 154 Å². The summed E-state index contributed by atoms with van der Waals surface area (Å²) in [4.78, 5) is 0. The monoisotopic (exact) mass is 934 g/mol. The molecule has 4 aromatic carbocycles. The molecule has 0 heterocycles. The van der Waals surface area contributed by atoms with Crippen LogP contribution < -0.4 is 14.2 Å². The Labute approximate surface area is 419 Å². The van der Waals surface area contributed by atoms with Gasteiger partial charge in [-0.15, -0.1) is 0 Å². The number of nitrogens with zero attached hydrogens (tertiary/aromatic N) is 3. The maximum Gasteiger partial charge on any atom is 0.142 e. The molecule has 69 heavy (non-hydrogen) atoms. The van der Waals surface area contributed by atoms with Gasteiger partial charge in [-0.05, 0) is 72.4 Å². The largest absolute Gasteiger partial charge is 0.492 e.